The van der Waals surface area contributed by atoms with Gasteiger partial charge < -0.3 is 0 Å². The minimum atomic E-state index is 0.0395. The van der Waals surface area contributed by atoms with Crippen molar-refractivity contribution in [3.05, 3.63) is 23.8 Å². The van der Waals surface area contributed by atoms with E-state index in [4.69, 9.17) is 5.26 Å². The molecule has 0 N–H and O–H groups in total. The lowest BCUT2D eigenvalue weighted by Gasteiger charge is -2.26. The predicted octanol–water partition coefficient (Wildman–Crippen LogP) is 3.45. The van der Waals surface area contributed by atoms with Gasteiger partial charge in [-0.05, 0) is 30.8 Å². The molecule has 1 rings (SSSR count). The van der Waals surface area contributed by atoms with Crippen molar-refractivity contribution in [3.63, 3.8) is 0 Å². The van der Waals surface area contributed by atoms with E-state index in [1.807, 2.05) is 6.92 Å². The Morgan fingerprint density at radius 3 is 2.77 bits per heavy atom. The van der Waals surface area contributed by atoms with Gasteiger partial charge in [-0.15, -0.1) is 0 Å². The maximum absolute atomic E-state index is 8.75. The van der Waals surface area contributed by atoms with Crippen LogP contribution in [0.4, 0.5) is 0 Å². The highest BCUT2D eigenvalue weighted by molar-refractivity contribution is 5.30. The molecule has 1 nitrogen and oxygen atoms in total. The summed E-state index contributed by atoms with van der Waals surface area (Å²) in [5.74, 6) is 0.0395. The van der Waals surface area contributed by atoms with Gasteiger partial charge in [0.05, 0.1) is 12.0 Å². The summed E-state index contributed by atoms with van der Waals surface area (Å²) >= 11 is 0. The molecule has 70 valence electrons. The molecule has 0 saturated heterocycles. The average molecular weight is 175 g/mol. The first-order valence-electron chi connectivity index (χ1n) is 4.90. The fourth-order valence-corrected chi connectivity index (χ4v) is 1.44. The van der Waals surface area contributed by atoms with E-state index in [1.54, 1.807) is 0 Å². The van der Waals surface area contributed by atoms with Crippen LogP contribution in [0.5, 0.6) is 0 Å². The molecule has 1 heteroatoms. The standard InChI is InChI=1S/C12H17N/c1-4-12(3)7-5-11(6-8-12)10(2)9-13/h5-7,10H,4,8H2,1-3H3. The third kappa shape index (κ3) is 2.21. The number of nitriles is 1. The number of nitrogens with zero attached hydrogens (tertiary/aromatic N) is 1. The third-order valence-corrected chi connectivity index (χ3v) is 2.98. The summed E-state index contributed by atoms with van der Waals surface area (Å²) in [6.07, 6.45) is 8.80. The van der Waals surface area contributed by atoms with Crippen LogP contribution < -0.4 is 0 Å². The maximum Gasteiger partial charge on any atom is 0.0700 e. The van der Waals surface area contributed by atoms with Crippen molar-refractivity contribution in [1.29, 1.82) is 5.26 Å². The second-order valence-electron chi connectivity index (χ2n) is 4.10. The van der Waals surface area contributed by atoms with Gasteiger partial charge in [0, 0.05) is 0 Å². The molecule has 1 aliphatic carbocycles. The smallest absolute Gasteiger partial charge is 0.0700 e. The lowest BCUT2D eigenvalue weighted by atomic mass is 9.78. The minimum absolute atomic E-state index is 0.0395. The van der Waals surface area contributed by atoms with Gasteiger partial charge in [0.2, 0.25) is 0 Å². The minimum Gasteiger partial charge on any atom is -0.198 e. The summed E-state index contributed by atoms with van der Waals surface area (Å²) in [7, 11) is 0. The fourth-order valence-electron chi connectivity index (χ4n) is 1.44. The van der Waals surface area contributed by atoms with Crippen molar-refractivity contribution in [2.24, 2.45) is 11.3 Å². The fraction of sp³-hybridized carbons (Fsp3) is 0.583. The molecular formula is C12H17N. The Morgan fingerprint density at radius 1 is 1.69 bits per heavy atom. The Hall–Kier alpha value is -1.03. The van der Waals surface area contributed by atoms with Gasteiger partial charge in [-0.1, -0.05) is 32.1 Å². The van der Waals surface area contributed by atoms with E-state index in [0.29, 0.717) is 5.41 Å². The topological polar surface area (TPSA) is 23.8 Å². The van der Waals surface area contributed by atoms with E-state index in [2.05, 4.69) is 38.1 Å². The van der Waals surface area contributed by atoms with Crippen LogP contribution in [-0.4, -0.2) is 0 Å². The lowest BCUT2D eigenvalue weighted by Crippen LogP contribution is -2.14. The summed E-state index contributed by atoms with van der Waals surface area (Å²) in [6, 6.07) is 2.26. The molecular weight excluding hydrogens is 158 g/mol. The van der Waals surface area contributed by atoms with Crippen LogP contribution in [0.15, 0.2) is 23.8 Å². The quantitative estimate of drug-likeness (QED) is 0.630. The van der Waals surface area contributed by atoms with Crippen molar-refractivity contribution in [2.75, 3.05) is 0 Å². The van der Waals surface area contributed by atoms with E-state index in [1.165, 1.54) is 5.57 Å². The lowest BCUT2D eigenvalue weighted by molar-refractivity contribution is 0.410. The van der Waals surface area contributed by atoms with Crippen molar-refractivity contribution >= 4 is 0 Å². The largest absolute Gasteiger partial charge is 0.198 e. The summed E-state index contributed by atoms with van der Waals surface area (Å²) < 4.78 is 0. The zero-order valence-electron chi connectivity index (χ0n) is 8.67. The molecule has 0 fully saturated rings. The summed E-state index contributed by atoms with van der Waals surface area (Å²) in [6.45, 7) is 6.41. The third-order valence-electron chi connectivity index (χ3n) is 2.98. The summed E-state index contributed by atoms with van der Waals surface area (Å²) in [5.41, 5.74) is 1.49. The van der Waals surface area contributed by atoms with Crippen molar-refractivity contribution in [1.82, 2.24) is 0 Å². The van der Waals surface area contributed by atoms with E-state index >= 15 is 0 Å². The van der Waals surface area contributed by atoms with Gasteiger partial charge in [-0.2, -0.15) is 5.26 Å². The molecule has 0 amide bonds. The Labute approximate surface area is 80.8 Å². The van der Waals surface area contributed by atoms with Gasteiger partial charge in [-0.25, -0.2) is 0 Å². The molecule has 1 aliphatic rings. The molecule has 0 aliphatic heterocycles. The van der Waals surface area contributed by atoms with Crippen LogP contribution in [0, 0.1) is 22.7 Å². The average Bonchev–Trinajstić information content (AvgIpc) is 2.18. The first kappa shape index (κ1) is 10.1. The van der Waals surface area contributed by atoms with E-state index in [9.17, 15) is 0 Å². The Balaban J connectivity index is 2.71. The first-order valence-corrected chi connectivity index (χ1v) is 4.90. The second kappa shape index (κ2) is 3.79. The normalized spacial score (nSPS) is 29.2. The number of hydrogen-bond donors (Lipinski definition) is 0. The molecule has 0 aromatic carbocycles. The van der Waals surface area contributed by atoms with Crippen LogP contribution in [0.3, 0.4) is 0 Å². The van der Waals surface area contributed by atoms with Crippen molar-refractivity contribution in [3.8, 4) is 6.07 Å². The van der Waals surface area contributed by atoms with Crippen LogP contribution in [0.1, 0.15) is 33.6 Å². The van der Waals surface area contributed by atoms with Gasteiger partial charge in [0.1, 0.15) is 0 Å². The Morgan fingerprint density at radius 2 is 2.38 bits per heavy atom. The SMILES string of the molecule is CCC1(C)C=CC(C(C)C#N)=CC1. The van der Waals surface area contributed by atoms with Crippen molar-refractivity contribution < 1.29 is 0 Å². The predicted molar refractivity (Wildman–Crippen MR) is 55.0 cm³/mol. The molecule has 0 heterocycles. The zero-order valence-corrected chi connectivity index (χ0v) is 8.67. The molecule has 0 bridgehead atoms. The summed E-state index contributed by atoms with van der Waals surface area (Å²) in [4.78, 5) is 0. The molecule has 13 heavy (non-hydrogen) atoms. The van der Waals surface area contributed by atoms with Gasteiger partial charge in [0.25, 0.3) is 0 Å². The van der Waals surface area contributed by atoms with Crippen LogP contribution in [0.2, 0.25) is 0 Å². The van der Waals surface area contributed by atoms with E-state index < -0.39 is 0 Å². The Kier molecular flexibility index (Phi) is 2.93. The highest BCUT2D eigenvalue weighted by Crippen LogP contribution is 2.33. The highest BCUT2D eigenvalue weighted by Gasteiger charge is 2.21. The van der Waals surface area contributed by atoms with Gasteiger partial charge in [0.15, 0.2) is 0 Å². The molecule has 0 aromatic heterocycles. The van der Waals surface area contributed by atoms with E-state index in [-0.39, 0.29) is 5.92 Å². The highest BCUT2D eigenvalue weighted by atomic mass is 14.3. The molecule has 0 saturated carbocycles. The molecule has 0 radical (unpaired) electrons. The molecule has 2 unspecified atom stereocenters. The Bertz CT molecular complexity index is 280. The maximum atomic E-state index is 8.75. The van der Waals surface area contributed by atoms with Gasteiger partial charge >= 0.3 is 0 Å². The monoisotopic (exact) mass is 175 g/mol. The first-order chi connectivity index (χ1) is 6.11. The second-order valence-corrected chi connectivity index (χ2v) is 4.10. The number of hydrogen-bond acceptors (Lipinski definition) is 1. The van der Waals surface area contributed by atoms with Crippen LogP contribution in [-0.2, 0) is 0 Å². The van der Waals surface area contributed by atoms with Crippen molar-refractivity contribution in [2.45, 2.75) is 33.6 Å². The van der Waals surface area contributed by atoms with Crippen LogP contribution in [0.25, 0.3) is 0 Å². The molecule has 2 atom stereocenters. The molecule has 0 spiro atoms. The number of allylic oxidation sites excluding steroid dienone is 4. The molecule has 0 aromatic rings. The summed E-state index contributed by atoms with van der Waals surface area (Å²) in [5, 5.41) is 8.75. The zero-order chi connectivity index (χ0) is 9.90. The van der Waals surface area contributed by atoms with Gasteiger partial charge in [-0.3, -0.25) is 0 Å². The number of rotatable bonds is 2. The van der Waals surface area contributed by atoms with E-state index in [0.717, 1.165) is 12.8 Å². The van der Waals surface area contributed by atoms with Crippen LogP contribution >= 0.6 is 0 Å².